The number of methoxy groups -OCH3 is 2. The van der Waals surface area contributed by atoms with Gasteiger partial charge in [-0.15, -0.1) is 0 Å². The fraction of sp³-hybridized carbons (Fsp3) is 0.442. The Kier molecular flexibility index (Phi) is 11.0. The maximum Gasteiger partial charge on any atom is 0.280 e. The van der Waals surface area contributed by atoms with Crippen molar-refractivity contribution >= 4 is 25.6 Å². The van der Waals surface area contributed by atoms with Gasteiger partial charge in [-0.3, -0.25) is 14.3 Å². The second-order valence-corrected chi connectivity index (χ2v) is 17.2. The van der Waals surface area contributed by atoms with Gasteiger partial charge >= 0.3 is 0 Å². The van der Waals surface area contributed by atoms with Gasteiger partial charge in [0.25, 0.3) is 14.1 Å². The van der Waals surface area contributed by atoms with E-state index in [2.05, 4.69) is 25.7 Å². The highest BCUT2D eigenvalue weighted by Gasteiger charge is 2.82. The van der Waals surface area contributed by atoms with E-state index in [0.29, 0.717) is 17.9 Å². The van der Waals surface area contributed by atoms with Crippen LogP contribution in [-0.4, -0.2) is 80.6 Å². The average molecular weight is 826 g/mol. The summed E-state index contributed by atoms with van der Waals surface area (Å²) < 4.78 is 61.2. The molecule has 0 amide bonds. The Labute approximate surface area is 343 Å². The lowest BCUT2D eigenvalue weighted by Crippen LogP contribution is -2.52. The summed E-state index contributed by atoms with van der Waals surface area (Å²) >= 11 is 0. The number of hydrogen-bond donors (Lipinski definition) is 2. The minimum atomic E-state index is -1.95. The van der Waals surface area contributed by atoms with Crippen LogP contribution in [0, 0.1) is 17.2 Å². The van der Waals surface area contributed by atoms with E-state index in [1.807, 2.05) is 107 Å². The molecule has 3 N–H and O–H groups in total. The number of benzene rings is 3. The van der Waals surface area contributed by atoms with Crippen molar-refractivity contribution in [1.29, 1.82) is 5.26 Å². The average Bonchev–Trinajstić information content (AvgIpc) is 3.44. The third-order valence-corrected chi connectivity index (χ3v) is 13.9. The third kappa shape index (κ3) is 6.85. The highest BCUT2D eigenvalue weighted by atomic mass is 31.2. The number of nitrogens with zero attached hydrogens (tertiary/aromatic N) is 5. The monoisotopic (exact) mass is 825 g/mol. The fourth-order valence-electron chi connectivity index (χ4n) is 9.10. The molecule has 3 aliphatic rings. The number of H-pyrrole nitrogens is 1. The quantitative estimate of drug-likeness (QED) is 0.0586. The first-order valence-corrected chi connectivity index (χ1v) is 20.9. The van der Waals surface area contributed by atoms with Crippen LogP contribution in [0.1, 0.15) is 69.9 Å². The van der Waals surface area contributed by atoms with E-state index in [1.165, 1.54) is 10.9 Å². The van der Waals surface area contributed by atoms with E-state index in [4.69, 9.17) is 33.7 Å². The van der Waals surface area contributed by atoms with Crippen molar-refractivity contribution in [1.82, 2.24) is 24.2 Å². The highest BCUT2D eigenvalue weighted by molar-refractivity contribution is 7.44. The summed E-state index contributed by atoms with van der Waals surface area (Å²) in [5.41, 5.74) is 4.01. The molecule has 0 radical (unpaired) electrons. The zero-order chi connectivity index (χ0) is 41.7. The summed E-state index contributed by atoms with van der Waals surface area (Å²) in [6.45, 7) is 8.21. The molecule has 14 nitrogen and oxygen atoms in total. The molecule has 2 saturated carbocycles. The molecular weight excluding hydrogens is 776 g/mol. The van der Waals surface area contributed by atoms with Gasteiger partial charge in [0.05, 0.1) is 39.6 Å². The van der Waals surface area contributed by atoms with E-state index in [-0.39, 0.29) is 54.6 Å². The maximum absolute atomic E-state index is 18.2. The van der Waals surface area contributed by atoms with Crippen molar-refractivity contribution in [3.63, 3.8) is 0 Å². The van der Waals surface area contributed by atoms with Gasteiger partial charge in [0.2, 0.25) is 5.95 Å². The smallest absolute Gasteiger partial charge is 0.280 e. The lowest BCUT2D eigenvalue weighted by molar-refractivity contribution is -0.161. The molecule has 5 aromatic rings. The lowest BCUT2D eigenvalue weighted by atomic mass is 9.79. The molecule has 16 heteroatoms. The lowest BCUT2D eigenvalue weighted by Gasteiger charge is -2.44. The van der Waals surface area contributed by atoms with Crippen LogP contribution in [0.4, 0.5) is 10.3 Å². The molecule has 310 valence electrons. The number of hydrogen-bond acceptors (Lipinski definition) is 12. The van der Waals surface area contributed by atoms with Gasteiger partial charge in [-0.1, -0.05) is 54.6 Å². The standard InChI is InChI=1S/C43H49FN7O7P/c1-26(2)51(27(3)4)59(55-22-10-21-45)58-42-24-31-23-41(31,39(42)56-38(35(42)44)50-25-47-34-36(50)48-40(46)49-37(34)52)57-43(28-11-8-7-9-12-28,29-13-17-32(53-5)18-14-29)30-15-19-33(54-6)20-16-30/h7-9,11-20,25-27,31,35,38-39H,10,22-24H2,1-6H3,(H3,46,48,49,52)/t31-,35-,38+,39+,41+,42-,59?/m0/s1. The molecule has 0 bridgehead atoms. The number of halogens is 1. The first-order valence-electron chi connectivity index (χ1n) is 19.8. The molecule has 2 aliphatic carbocycles. The minimum Gasteiger partial charge on any atom is -0.497 e. The number of nitrogen functional groups attached to an aromatic ring is 1. The van der Waals surface area contributed by atoms with Crippen molar-refractivity contribution in [3.8, 4) is 17.6 Å². The van der Waals surface area contributed by atoms with Crippen LogP contribution in [0.25, 0.3) is 11.2 Å². The number of aromatic nitrogens is 4. The SMILES string of the molecule is COc1ccc(C(O[C@]23C[C@H]2C[C@@]2(OP(OCCC#N)N(C(C)C)C(C)C)[C@@H]3O[C@@H](n3cnc4c(=O)[nH]c(N)nc43)[C@@H]2F)(c2ccccc2)c2ccc(OC)cc2)cc1. The molecule has 8 rings (SSSR count). The van der Waals surface area contributed by atoms with Crippen LogP contribution >= 0.6 is 8.53 Å². The molecule has 59 heavy (non-hydrogen) atoms. The van der Waals surface area contributed by atoms with Gasteiger partial charge < -0.3 is 33.7 Å². The summed E-state index contributed by atoms with van der Waals surface area (Å²) in [4.78, 5) is 24.0. The predicted molar refractivity (Wildman–Crippen MR) is 219 cm³/mol. The molecule has 3 aromatic carbocycles. The van der Waals surface area contributed by atoms with Gasteiger partial charge in [-0.25, -0.2) is 14.0 Å². The summed E-state index contributed by atoms with van der Waals surface area (Å²) in [5.74, 6) is 1.02. The summed E-state index contributed by atoms with van der Waals surface area (Å²) in [6, 6.07) is 27.5. The zero-order valence-corrected chi connectivity index (χ0v) is 34.8. The second kappa shape index (κ2) is 15.9. The Morgan fingerprint density at radius 3 is 2.15 bits per heavy atom. The van der Waals surface area contributed by atoms with Crippen LogP contribution < -0.4 is 20.8 Å². The Balaban J connectivity index is 1.31. The van der Waals surface area contributed by atoms with Crippen molar-refractivity contribution in [3.05, 3.63) is 112 Å². The van der Waals surface area contributed by atoms with E-state index in [1.54, 1.807) is 14.2 Å². The zero-order valence-electron chi connectivity index (χ0n) is 33.9. The number of fused-ring (bicyclic) bond motifs is 4. The molecule has 3 fully saturated rings. The van der Waals surface area contributed by atoms with Crippen LogP contribution in [0.15, 0.2) is 90.0 Å². The minimum absolute atomic E-state index is 0.00715. The number of nitrogens with one attached hydrogen (secondary N) is 1. The third-order valence-electron chi connectivity index (χ3n) is 11.7. The molecule has 7 atom stereocenters. The number of alkyl halides is 1. The molecular formula is C43H49FN7O7P. The number of aromatic amines is 1. The van der Waals surface area contributed by atoms with E-state index >= 15 is 4.39 Å². The van der Waals surface area contributed by atoms with Crippen molar-refractivity contribution in [2.45, 2.75) is 94.3 Å². The van der Waals surface area contributed by atoms with E-state index in [9.17, 15) is 10.1 Å². The van der Waals surface area contributed by atoms with Gasteiger partial charge in [-0.05, 0) is 87.4 Å². The Morgan fingerprint density at radius 2 is 1.58 bits per heavy atom. The van der Waals surface area contributed by atoms with E-state index < -0.39 is 49.4 Å². The molecule has 3 heterocycles. The van der Waals surface area contributed by atoms with Crippen LogP contribution in [0.2, 0.25) is 0 Å². The summed E-state index contributed by atoms with van der Waals surface area (Å²) in [5, 5.41) is 9.46. The molecule has 0 spiro atoms. The van der Waals surface area contributed by atoms with Crippen molar-refractivity contribution in [2.24, 2.45) is 5.92 Å². The predicted octanol–water partition coefficient (Wildman–Crippen LogP) is 7.16. The normalized spacial score (nSPS) is 25.3. The maximum atomic E-state index is 18.2. The number of nitriles is 1. The number of ether oxygens (including phenoxy) is 4. The largest absolute Gasteiger partial charge is 0.497 e. The molecule has 1 unspecified atom stereocenters. The molecule has 1 aliphatic heterocycles. The Bertz CT molecular complexity index is 2320. The Morgan fingerprint density at radius 1 is 0.983 bits per heavy atom. The highest BCUT2D eigenvalue weighted by Crippen LogP contribution is 2.73. The van der Waals surface area contributed by atoms with Crippen molar-refractivity contribution < 1.29 is 32.4 Å². The van der Waals surface area contributed by atoms with Crippen LogP contribution in [-0.2, 0) is 24.1 Å². The number of nitrogens with two attached hydrogens (primary N) is 1. The topological polar surface area (TPSA) is 172 Å². The Hall–Kier alpha value is -4.94. The van der Waals surface area contributed by atoms with Crippen LogP contribution in [0.3, 0.4) is 0 Å². The number of anilines is 1. The number of rotatable bonds is 16. The van der Waals surface area contributed by atoms with Gasteiger partial charge in [0, 0.05) is 12.1 Å². The van der Waals surface area contributed by atoms with Crippen LogP contribution in [0.5, 0.6) is 11.5 Å². The number of imidazole rings is 1. The van der Waals surface area contributed by atoms with Crippen molar-refractivity contribution in [2.75, 3.05) is 26.6 Å². The second-order valence-electron chi connectivity index (χ2n) is 15.8. The van der Waals surface area contributed by atoms with E-state index in [0.717, 1.165) is 16.7 Å². The fourth-order valence-corrected chi connectivity index (χ4v) is 10.9. The van der Waals surface area contributed by atoms with Gasteiger partial charge in [0.1, 0.15) is 34.4 Å². The first-order chi connectivity index (χ1) is 28.4. The molecule has 2 aromatic heterocycles. The summed E-state index contributed by atoms with van der Waals surface area (Å²) in [7, 11) is 1.29. The van der Waals surface area contributed by atoms with Gasteiger partial charge in [-0.2, -0.15) is 10.2 Å². The first kappa shape index (κ1) is 40.8. The molecule has 1 saturated heterocycles. The summed E-state index contributed by atoms with van der Waals surface area (Å²) in [6.07, 6.45) is -1.90. The van der Waals surface area contributed by atoms with Gasteiger partial charge in [0.15, 0.2) is 23.6 Å².